The Morgan fingerprint density at radius 1 is 1.00 bits per heavy atom. The summed E-state index contributed by atoms with van der Waals surface area (Å²) in [6.45, 7) is 5.22. The van der Waals surface area contributed by atoms with Crippen molar-refractivity contribution in [3.05, 3.63) is 88.0 Å². The van der Waals surface area contributed by atoms with E-state index in [0.717, 1.165) is 27.6 Å². The number of carbonyl (C=O) groups is 1. The monoisotopic (exact) mass is 481 g/mol. The molecule has 0 atom stereocenters. The van der Waals surface area contributed by atoms with E-state index >= 15 is 0 Å². The van der Waals surface area contributed by atoms with Gasteiger partial charge in [-0.15, -0.1) is 0 Å². The van der Waals surface area contributed by atoms with Crippen LogP contribution < -0.4 is 4.74 Å². The Labute approximate surface area is 203 Å². The van der Waals surface area contributed by atoms with Crippen molar-refractivity contribution in [3.63, 3.8) is 0 Å². The largest absolute Gasteiger partial charge is 0.492 e. The number of hydrogen-bond acceptors (Lipinski definition) is 3. The minimum Gasteiger partial charge on any atom is -0.492 e. The maximum atomic E-state index is 13.2. The molecule has 4 rings (SSSR count). The van der Waals surface area contributed by atoms with Crippen molar-refractivity contribution in [1.29, 1.82) is 0 Å². The fourth-order valence-corrected chi connectivity index (χ4v) is 4.53. The Balaban J connectivity index is 1.70. The summed E-state index contributed by atoms with van der Waals surface area (Å²) in [5.74, 6) is 0.262. The number of ether oxygens (including phenoxy) is 2. The first-order valence-electron chi connectivity index (χ1n) is 10.9. The second kappa shape index (κ2) is 10.3. The average molecular weight is 482 g/mol. The van der Waals surface area contributed by atoms with Crippen LogP contribution in [0, 0.1) is 6.92 Å². The van der Waals surface area contributed by atoms with Gasteiger partial charge in [0.15, 0.2) is 0 Å². The van der Waals surface area contributed by atoms with Gasteiger partial charge in [-0.3, -0.25) is 0 Å². The highest BCUT2D eigenvalue weighted by molar-refractivity contribution is 6.35. The van der Waals surface area contributed by atoms with Gasteiger partial charge in [-0.05, 0) is 55.7 Å². The van der Waals surface area contributed by atoms with Gasteiger partial charge < -0.3 is 14.0 Å². The number of aryl methyl sites for hydroxylation is 2. The first-order valence-corrected chi connectivity index (χ1v) is 11.7. The zero-order chi connectivity index (χ0) is 23.4. The topological polar surface area (TPSA) is 40.5 Å². The highest BCUT2D eigenvalue weighted by atomic mass is 35.5. The van der Waals surface area contributed by atoms with E-state index in [1.54, 1.807) is 18.2 Å². The standard InChI is InChI=1S/C27H25Cl2NO3/c1-3-32-27(31)26-25(20-10-5-4-9-18(20)2)21-11-6-7-12-23(21)30(26)15-8-16-33-24-14-13-19(28)17-22(24)29/h4-7,9-14,17H,3,8,15-16H2,1-2H3. The second-order valence-electron chi connectivity index (χ2n) is 7.70. The van der Waals surface area contributed by atoms with Crippen LogP contribution in [-0.2, 0) is 11.3 Å². The van der Waals surface area contributed by atoms with Gasteiger partial charge in [0.05, 0.1) is 18.2 Å². The normalized spacial score (nSPS) is 11.0. The Morgan fingerprint density at radius 3 is 2.52 bits per heavy atom. The number of nitrogens with zero attached hydrogens (tertiary/aromatic N) is 1. The Morgan fingerprint density at radius 2 is 1.76 bits per heavy atom. The molecule has 0 bridgehead atoms. The predicted molar refractivity (Wildman–Crippen MR) is 135 cm³/mol. The molecule has 4 nitrogen and oxygen atoms in total. The fourth-order valence-electron chi connectivity index (χ4n) is 4.07. The Kier molecular flexibility index (Phi) is 7.26. The molecule has 0 saturated carbocycles. The maximum Gasteiger partial charge on any atom is 0.355 e. The molecule has 0 radical (unpaired) electrons. The number of fused-ring (bicyclic) bond motifs is 1. The van der Waals surface area contributed by atoms with Crippen LogP contribution in [0.1, 0.15) is 29.4 Å². The van der Waals surface area contributed by atoms with Crippen LogP contribution in [0.4, 0.5) is 0 Å². The second-order valence-corrected chi connectivity index (χ2v) is 8.55. The number of aromatic nitrogens is 1. The first kappa shape index (κ1) is 23.2. The molecule has 0 aliphatic rings. The molecular weight excluding hydrogens is 457 g/mol. The van der Waals surface area contributed by atoms with Gasteiger partial charge in [-0.25, -0.2) is 4.79 Å². The van der Waals surface area contributed by atoms with Crippen molar-refractivity contribution in [2.45, 2.75) is 26.8 Å². The Bertz CT molecular complexity index is 1300. The molecule has 0 saturated heterocycles. The molecule has 3 aromatic carbocycles. The minimum atomic E-state index is -0.325. The number of para-hydroxylation sites is 1. The van der Waals surface area contributed by atoms with Gasteiger partial charge in [-0.2, -0.15) is 0 Å². The molecule has 0 fully saturated rings. The van der Waals surface area contributed by atoms with Gasteiger partial charge in [0, 0.05) is 28.0 Å². The van der Waals surface area contributed by atoms with Crippen LogP contribution in [0.2, 0.25) is 10.0 Å². The lowest BCUT2D eigenvalue weighted by molar-refractivity contribution is 0.0515. The number of rotatable bonds is 8. The highest BCUT2D eigenvalue weighted by Gasteiger charge is 2.25. The zero-order valence-electron chi connectivity index (χ0n) is 18.6. The van der Waals surface area contributed by atoms with Crippen molar-refractivity contribution in [2.75, 3.05) is 13.2 Å². The summed E-state index contributed by atoms with van der Waals surface area (Å²) in [4.78, 5) is 13.2. The van der Waals surface area contributed by atoms with Gasteiger partial charge >= 0.3 is 5.97 Å². The molecule has 1 heterocycles. The van der Waals surface area contributed by atoms with Crippen LogP contribution in [0.15, 0.2) is 66.7 Å². The number of carbonyl (C=O) groups excluding carboxylic acids is 1. The van der Waals surface area contributed by atoms with Gasteiger partial charge in [0.2, 0.25) is 0 Å². The van der Waals surface area contributed by atoms with E-state index in [-0.39, 0.29) is 5.97 Å². The molecule has 0 spiro atoms. The first-order chi connectivity index (χ1) is 16.0. The number of esters is 1. The zero-order valence-corrected chi connectivity index (χ0v) is 20.1. The van der Waals surface area contributed by atoms with Crippen molar-refractivity contribution < 1.29 is 14.3 Å². The molecule has 0 amide bonds. The summed E-state index contributed by atoms with van der Waals surface area (Å²) >= 11 is 12.2. The van der Waals surface area contributed by atoms with Crippen LogP contribution >= 0.6 is 23.2 Å². The molecule has 33 heavy (non-hydrogen) atoms. The lowest BCUT2D eigenvalue weighted by Crippen LogP contribution is -2.15. The molecule has 0 aliphatic carbocycles. The molecule has 4 aromatic rings. The molecule has 6 heteroatoms. The average Bonchev–Trinajstić information content (AvgIpc) is 3.12. The highest BCUT2D eigenvalue weighted by Crippen LogP contribution is 2.37. The summed E-state index contributed by atoms with van der Waals surface area (Å²) < 4.78 is 13.4. The third-order valence-electron chi connectivity index (χ3n) is 5.53. The quantitative estimate of drug-likeness (QED) is 0.192. The van der Waals surface area contributed by atoms with Gasteiger partial charge in [0.1, 0.15) is 11.4 Å². The third kappa shape index (κ3) is 4.87. The maximum absolute atomic E-state index is 13.2. The van der Waals surface area contributed by atoms with E-state index in [4.69, 9.17) is 32.7 Å². The fraction of sp³-hybridized carbons (Fsp3) is 0.222. The molecule has 170 valence electrons. The van der Waals surface area contributed by atoms with Gasteiger partial charge in [0.25, 0.3) is 0 Å². The Hall–Kier alpha value is -2.95. The lowest BCUT2D eigenvalue weighted by atomic mass is 9.97. The minimum absolute atomic E-state index is 0.311. The van der Waals surface area contributed by atoms with Crippen molar-refractivity contribution in [3.8, 4) is 16.9 Å². The van der Waals surface area contributed by atoms with Crippen molar-refractivity contribution in [2.24, 2.45) is 0 Å². The van der Waals surface area contributed by atoms with E-state index in [2.05, 4.69) is 25.1 Å². The van der Waals surface area contributed by atoms with Crippen LogP contribution in [0.5, 0.6) is 5.75 Å². The summed E-state index contributed by atoms with van der Waals surface area (Å²) in [5.41, 5.74) is 4.59. The number of halogens is 2. The summed E-state index contributed by atoms with van der Waals surface area (Å²) in [5, 5.41) is 2.06. The van der Waals surface area contributed by atoms with Gasteiger partial charge in [-0.1, -0.05) is 65.7 Å². The number of benzene rings is 3. The van der Waals surface area contributed by atoms with E-state index in [1.807, 2.05) is 41.8 Å². The van der Waals surface area contributed by atoms with Crippen molar-refractivity contribution in [1.82, 2.24) is 4.57 Å². The molecule has 1 aromatic heterocycles. The molecule has 0 aliphatic heterocycles. The number of hydrogen-bond donors (Lipinski definition) is 0. The summed E-state index contributed by atoms with van der Waals surface area (Å²) in [6.07, 6.45) is 0.678. The van der Waals surface area contributed by atoms with E-state index < -0.39 is 0 Å². The summed E-state index contributed by atoms with van der Waals surface area (Å²) in [6, 6.07) is 21.3. The predicted octanol–water partition coefficient (Wildman–Crippen LogP) is 7.57. The summed E-state index contributed by atoms with van der Waals surface area (Å²) in [7, 11) is 0. The van der Waals surface area contributed by atoms with Crippen LogP contribution in [-0.4, -0.2) is 23.8 Å². The molecule has 0 unspecified atom stereocenters. The molecular formula is C27H25Cl2NO3. The van der Waals surface area contributed by atoms with Crippen LogP contribution in [0.3, 0.4) is 0 Å². The molecule has 0 N–H and O–H groups in total. The van der Waals surface area contributed by atoms with Crippen LogP contribution in [0.25, 0.3) is 22.0 Å². The van der Waals surface area contributed by atoms with Crippen molar-refractivity contribution >= 4 is 40.1 Å². The van der Waals surface area contributed by atoms with E-state index in [1.165, 1.54) is 0 Å². The van der Waals surface area contributed by atoms with E-state index in [0.29, 0.717) is 47.7 Å². The van der Waals surface area contributed by atoms with E-state index in [9.17, 15) is 4.79 Å². The SMILES string of the molecule is CCOC(=O)c1c(-c2ccccc2C)c2ccccc2n1CCCOc1ccc(Cl)cc1Cl. The smallest absolute Gasteiger partial charge is 0.355 e. The lowest BCUT2D eigenvalue weighted by Gasteiger charge is -2.13. The third-order valence-corrected chi connectivity index (χ3v) is 6.06.